The fourth-order valence-electron chi connectivity index (χ4n) is 3.06. The molecule has 1 aliphatic carbocycles. The molecule has 118 valence electrons. The van der Waals surface area contributed by atoms with Gasteiger partial charge in [0.1, 0.15) is 5.54 Å². The first-order valence-corrected chi connectivity index (χ1v) is 8.12. The number of carbonyl (C=O) groups is 2. The largest absolute Gasteiger partial charge is 0.352 e. The van der Waals surface area contributed by atoms with Gasteiger partial charge >= 0.3 is 0 Å². The number of piperazine rings is 1. The van der Waals surface area contributed by atoms with E-state index in [2.05, 4.69) is 5.32 Å². The SMILES string of the molecule is CC1(C)C(=O)NCCN1C(=O)[C@@H]1C[C@H]1c1ccc(Cl)c(Cl)c1. The van der Waals surface area contributed by atoms with Crippen LogP contribution in [0.4, 0.5) is 0 Å². The smallest absolute Gasteiger partial charge is 0.245 e. The van der Waals surface area contributed by atoms with Crippen molar-refractivity contribution in [2.75, 3.05) is 13.1 Å². The number of hydrogen-bond acceptors (Lipinski definition) is 2. The Morgan fingerprint density at radius 1 is 1.32 bits per heavy atom. The summed E-state index contributed by atoms with van der Waals surface area (Å²) in [7, 11) is 0. The Hall–Kier alpha value is -1.26. The Morgan fingerprint density at radius 3 is 2.73 bits per heavy atom. The molecule has 1 aromatic carbocycles. The molecule has 0 spiro atoms. The Labute approximate surface area is 139 Å². The van der Waals surface area contributed by atoms with Gasteiger partial charge in [0.15, 0.2) is 0 Å². The molecule has 0 bridgehead atoms. The van der Waals surface area contributed by atoms with Crippen LogP contribution in [0.1, 0.15) is 31.7 Å². The van der Waals surface area contributed by atoms with Crippen LogP contribution >= 0.6 is 23.2 Å². The number of halogens is 2. The molecule has 1 aliphatic heterocycles. The van der Waals surface area contributed by atoms with Crippen LogP contribution < -0.4 is 5.32 Å². The highest BCUT2D eigenvalue weighted by molar-refractivity contribution is 6.42. The van der Waals surface area contributed by atoms with Crippen LogP contribution in [0, 0.1) is 5.92 Å². The molecule has 1 aromatic rings. The van der Waals surface area contributed by atoms with E-state index in [0.29, 0.717) is 23.1 Å². The number of carbonyl (C=O) groups excluding carboxylic acids is 2. The van der Waals surface area contributed by atoms with Crippen LogP contribution in [0.5, 0.6) is 0 Å². The average Bonchev–Trinajstić information content (AvgIpc) is 3.24. The molecule has 2 amide bonds. The van der Waals surface area contributed by atoms with E-state index < -0.39 is 5.54 Å². The van der Waals surface area contributed by atoms with Crippen molar-refractivity contribution >= 4 is 35.0 Å². The van der Waals surface area contributed by atoms with E-state index in [-0.39, 0.29) is 23.7 Å². The van der Waals surface area contributed by atoms with Gasteiger partial charge in [-0.2, -0.15) is 0 Å². The van der Waals surface area contributed by atoms with Crippen molar-refractivity contribution in [2.45, 2.75) is 31.7 Å². The lowest BCUT2D eigenvalue weighted by Gasteiger charge is -2.41. The summed E-state index contributed by atoms with van der Waals surface area (Å²) in [6.07, 6.45) is 0.797. The Balaban J connectivity index is 1.75. The summed E-state index contributed by atoms with van der Waals surface area (Å²) in [6.45, 7) is 4.65. The topological polar surface area (TPSA) is 49.4 Å². The second-order valence-corrected chi connectivity index (χ2v) is 7.24. The minimum Gasteiger partial charge on any atom is -0.352 e. The number of nitrogens with one attached hydrogen (secondary N) is 1. The molecule has 2 fully saturated rings. The van der Waals surface area contributed by atoms with Gasteiger partial charge in [-0.1, -0.05) is 29.3 Å². The van der Waals surface area contributed by atoms with E-state index >= 15 is 0 Å². The third kappa shape index (κ3) is 2.59. The van der Waals surface area contributed by atoms with Crippen LogP contribution in [0.2, 0.25) is 10.0 Å². The normalized spacial score (nSPS) is 26.5. The molecule has 1 saturated carbocycles. The minimum atomic E-state index is -0.792. The zero-order valence-corrected chi connectivity index (χ0v) is 14.0. The number of benzene rings is 1. The first-order valence-electron chi connectivity index (χ1n) is 7.37. The van der Waals surface area contributed by atoms with Crippen LogP contribution in [0.25, 0.3) is 0 Å². The van der Waals surface area contributed by atoms with Gasteiger partial charge in [-0.15, -0.1) is 0 Å². The molecule has 0 unspecified atom stereocenters. The Bertz CT molecular complexity index is 645. The quantitative estimate of drug-likeness (QED) is 0.899. The maximum atomic E-state index is 12.7. The first kappa shape index (κ1) is 15.6. The minimum absolute atomic E-state index is 0.0518. The van der Waals surface area contributed by atoms with Crippen molar-refractivity contribution in [3.8, 4) is 0 Å². The summed E-state index contributed by atoms with van der Waals surface area (Å²) in [5.74, 6) is 0.0558. The van der Waals surface area contributed by atoms with Gasteiger partial charge in [0.05, 0.1) is 10.0 Å². The summed E-state index contributed by atoms with van der Waals surface area (Å²) >= 11 is 12.0. The number of amides is 2. The van der Waals surface area contributed by atoms with Gasteiger partial charge < -0.3 is 10.2 Å². The van der Waals surface area contributed by atoms with Crippen LogP contribution in [-0.2, 0) is 9.59 Å². The van der Waals surface area contributed by atoms with Gasteiger partial charge in [-0.3, -0.25) is 9.59 Å². The molecule has 2 aliphatic rings. The predicted octanol–water partition coefficient (Wildman–Crippen LogP) is 2.83. The number of nitrogens with zero attached hydrogens (tertiary/aromatic N) is 1. The van der Waals surface area contributed by atoms with Crippen LogP contribution in [0.15, 0.2) is 18.2 Å². The molecule has 3 rings (SSSR count). The fraction of sp³-hybridized carbons (Fsp3) is 0.500. The maximum Gasteiger partial charge on any atom is 0.245 e. The van der Waals surface area contributed by atoms with E-state index in [1.165, 1.54) is 0 Å². The van der Waals surface area contributed by atoms with Crippen molar-refractivity contribution in [1.82, 2.24) is 10.2 Å². The highest BCUT2D eigenvalue weighted by Crippen LogP contribution is 2.50. The van der Waals surface area contributed by atoms with E-state index in [0.717, 1.165) is 12.0 Å². The average molecular weight is 341 g/mol. The van der Waals surface area contributed by atoms with E-state index in [1.807, 2.05) is 12.1 Å². The van der Waals surface area contributed by atoms with Gasteiger partial charge in [-0.25, -0.2) is 0 Å². The lowest BCUT2D eigenvalue weighted by Crippen LogP contribution is -2.63. The molecule has 1 saturated heterocycles. The molecule has 2 atom stereocenters. The Morgan fingerprint density at radius 2 is 2.05 bits per heavy atom. The van der Waals surface area contributed by atoms with Gasteiger partial charge in [-0.05, 0) is 43.9 Å². The second kappa shape index (κ2) is 5.43. The first-order chi connectivity index (χ1) is 10.3. The third-order valence-electron chi connectivity index (χ3n) is 4.60. The molecule has 1 heterocycles. The molecule has 22 heavy (non-hydrogen) atoms. The van der Waals surface area contributed by atoms with Crippen LogP contribution in [-0.4, -0.2) is 35.3 Å². The van der Waals surface area contributed by atoms with E-state index in [9.17, 15) is 9.59 Å². The van der Waals surface area contributed by atoms with Crippen molar-refractivity contribution in [2.24, 2.45) is 5.92 Å². The van der Waals surface area contributed by atoms with Crippen LogP contribution in [0.3, 0.4) is 0 Å². The summed E-state index contributed by atoms with van der Waals surface area (Å²) < 4.78 is 0. The van der Waals surface area contributed by atoms with Crippen molar-refractivity contribution in [3.05, 3.63) is 33.8 Å². The highest BCUT2D eigenvalue weighted by atomic mass is 35.5. The molecule has 6 heteroatoms. The number of hydrogen-bond donors (Lipinski definition) is 1. The predicted molar refractivity (Wildman–Crippen MR) is 86.1 cm³/mol. The monoisotopic (exact) mass is 340 g/mol. The van der Waals surface area contributed by atoms with Crippen molar-refractivity contribution in [3.63, 3.8) is 0 Å². The molecule has 0 aromatic heterocycles. The molecule has 0 radical (unpaired) electrons. The Kier molecular flexibility index (Phi) is 3.86. The lowest BCUT2D eigenvalue weighted by molar-refractivity contribution is -0.150. The summed E-state index contributed by atoms with van der Waals surface area (Å²) in [4.78, 5) is 26.4. The maximum absolute atomic E-state index is 12.7. The third-order valence-corrected chi connectivity index (χ3v) is 5.34. The van der Waals surface area contributed by atoms with Gasteiger partial charge in [0, 0.05) is 19.0 Å². The molecule has 4 nitrogen and oxygen atoms in total. The second-order valence-electron chi connectivity index (χ2n) is 6.43. The standard InChI is InChI=1S/C16H18Cl2N2O2/c1-16(2)15(22)19-5-6-20(16)14(21)11-8-10(11)9-3-4-12(17)13(18)7-9/h3-4,7,10-11H,5-6,8H2,1-2H3,(H,19,22)/t10-,11+/m0/s1. The van der Waals surface area contributed by atoms with E-state index in [1.54, 1.807) is 24.8 Å². The molecule has 1 N–H and O–H groups in total. The zero-order chi connectivity index (χ0) is 16.1. The number of rotatable bonds is 2. The highest BCUT2D eigenvalue weighted by Gasteiger charge is 2.50. The van der Waals surface area contributed by atoms with Gasteiger partial charge in [0.2, 0.25) is 11.8 Å². The molecular formula is C16H18Cl2N2O2. The van der Waals surface area contributed by atoms with E-state index in [4.69, 9.17) is 23.2 Å². The summed E-state index contributed by atoms with van der Waals surface area (Å²) in [6, 6.07) is 5.51. The zero-order valence-electron chi connectivity index (χ0n) is 12.5. The molecular weight excluding hydrogens is 323 g/mol. The summed E-state index contributed by atoms with van der Waals surface area (Å²) in [5.41, 5.74) is 0.243. The lowest BCUT2D eigenvalue weighted by atomic mass is 9.97. The van der Waals surface area contributed by atoms with Gasteiger partial charge in [0.25, 0.3) is 0 Å². The fourth-order valence-corrected chi connectivity index (χ4v) is 3.37. The van der Waals surface area contributed by atoms with Crippen molar-refractivity contribution in [1.29, 1.82) is 0 Å². The van der Waals surface area contributed by atoms with Crippen molar-refractivity contribution < 1.29 is 9.59 Å². The summed E-state index contributed by atoms with van der Waals surface area (Å²) in [5, 5.41) is 3.83.